The molecular weight excluding hydrogens is 483 g/mol. The lowest BCUT2D eigenvalue weighted by molar-refractivity contribution is -0.0829. The first-order valence-electron chi connectivity index (χ1n) is 9.14. The highest BCUT2D eigenvalue weighted by molar-refractivity contribution is 14.0. The van der Waals surface area contributed by atoms with Gasteiger partial charge >= 0.3 is 6.61 Å². The number of rotatable bonds is 8. The van der Waals surface area contributed by atoms with Crippen molar-refractivity contribution in [2.24, 2.45) is 4.99 Å². The first kappa shape index (κ1) is 24.8. The highest BCUT2D eigenvalue weighted by Crippen LogP contribution is 2.25. The van der Waals surface area contributed by atoms with Crippen molar-refractivity contribution in [1.29, 1.82) is 0 Å². The molecule has 1 fully saturated rings. The molecule has 0 aromatic heterocycles. The molecule has 1 aliphatic heterocycles. The van der Waals surface area contributed by atoms with E-state index in [9.17, 15) is 8.78 Å². The van der Waals surface area contributed by atoms with Crippen LogP contribution in [0.1, 0.15) is 25.3 Å². The Labute approximate surface area is 182 Å². The predicted molar refractivity (Wildman–Crippen MR) is 116 cm³/mol. The van der Waals surface area contributed by atoms with Gasteiger partial charge in [0.2, 0.25) is 0 Å². The second-order valence-corrected chi connectivity index (χ2v) is 6.55. The van der Waals surface area contributed by atoms with Gasteiger partial charge in [0.05, 0.1) is 12.1 Å². The third-order valence-corrected chi connectivity index (χ3v) is 4.62. The Morgan fingerprint density at radius 1 is 1.29 bits per heavy atom. The van der Waals surface area contributed by atoms with Crippen molar-refractivity contribution in [3.05, 3.63) is 29.8 Å². The summed E-state index contributed by atoms with van der Waals surface area (Å²) in [6, 6.07) is 6.63. The Morgan fingerprint density at radius 2 is 1.93 bits per heavy atom. The van der Waals surface area contributed by atoms with Crippen molar-refractivity contribution in [3.63, 3.8) is 0 Å². The molecule has 2 rings (SSSR count). The zero-order chi connectivity index (χ0) is 19.7. The average Bonchev–Trinajstić information content (AvgIpc) is 2.67. The van der Waals surface area contributed by atoms with E-state index in [1.54, 1.807) is 31.4 Å². The molecule has 1 aromatic carbocycles. The number of nitrogens with zero attached hydrogens (tertiary/aromatic N) is 2. The summed E-state index contributed by atoms with van der Waals surface area (Å²) in [5.74, 6) is 0.923. The normalized spacial score (nSPS) is 16.4. The number of aliphatic imine (C=N–C) groups is 1. The number of guanidine groups is 1. The van der Waals surface area contributed by atoms with Crippen LogP contribution in [0.5, 0.6) is 5.75 Å². The lowest BCUT2D eigenvalue weighted by Gasteiger charge is -2.35. The van der Waals surface area contributed by atoms with Gasteiger partial charge in [-0.1, -0.05) is 12.1 Å². The van der Waals surface area contributed by atoms with E-state index in [2.05, 4.69) is 10.1 Å². The maximum absolute atomic E-state index is 12.2. The Hall–Kier alpha value is -1.20. The molecule has 0 bridgehead atoms. The van der Waals surface area contributed by atoms with E-state index in [0.29, 0.717) is 26.3 Å². The summed E-state index contributed by atoms with van der Waals surface area (Å²) < 4.78 is 40.0. The lowest BCUT2D eigenvalue weighted by atomic mass is 9.94. The molecule has 28 heavy (non-hydrogen) atoms. The van der Waals surface area contributed by atoms with Crippen LogP contribution in [0.25, 0.3) is 0 Å². The Morgan fingerprint density at radius 3 is 2.46 bits per heavy atom. The minimum atomic E-state index is -2.82. The Bertz CT molecular complexity index is 597. The Kier molecular flexibility index (Phi) is 11.0. The van der Waals surface area contributed by atoms with Crippen LogP contribution in [0, 0.1) is 0 Å². The first-order chi connectivity index (χ1) is 13.0. The minimum absolute atomic E-state index is 0. The van der Waals surface area contributed by atoms with Crippen molar-refractivity contribution < 1.29 is 23.0 Å². The fourth-order valence-electron chi connectivity index (χ4n) is 2.98. The summed E-state index contributed by atoms with van der Waals surface area (Å²) in [6.45, 7) is 2.45. The maximum Gasteiger partial charge on any atom is 0.387 e. The monoisotopic (exact) mass is 513 g/mol. The van der Waals surface area contributed by atoms with Gasteiger partial charge in [0.25, 0.3) is 0 Å². The molecule has 160 valence electrons. The van der Waals surface area contributed by atoms with Gasteiger partial charge in [-0.3, -0.25) is 4.99 Å². The summed E-state index contributed by atoms with van der Waals surface area (Å²) in [4.78, 5) is 6.76. The molecule has 1 aliphatic rings. The van der Waals surface area contributed by atoms with Gasteiger partial charge < -0.3 is 24.4 Å². The topological polar surface area (TPSA) is 55.3 Å². The second kappa shape index (κ2) is 12.4. The molecule has 1 heterocycles. The molecule has 0 atom stereocenters. The van der Waals surface area contributed by atoms with Crippen LogP contribution in [0.4, 0.5) is 8.78 Å². The fourth-order valence-corrected chi connectivity index (χ4v) is 2.98. The summed E-state index contributed by atoms with van der Waals surface area (Å²) in [5.41, 5.74) is 0.686. The van der Waals surface area contributed by atoms with Crippen LogP contribution < -0.4 is 10.1 Å². The van der Waals surface area contributed by atoms with Crippen molar-refractivity contribution in [2.75, 3.05) is 40.5 Å². The number of hydrogen-bond donors (Lipinski definition) is 1. The van der Waals surface area contributed by atoms with E-state index in [0.717, 1.165) is 30.9 Å². The minimum Gasteiger partial charge on any atom is -0.435 e. The zero-order valence-corrected chi connectivity index (χ0v) is 19.0. The lowest BCUT2D eigenvalue weighted by Crippen LogP contribution is -2.44. The van der Waals surface area contributed by atoms with Crippen LogP contribution in [-0.4, -0.2) is 63.5 Å². The molecular formula is C19H30F2IN3O3. The maximum atomic E-state index is 12.2. The molecule has 1 aromatic rings. The van der Waals surface area contributed by atoms with E-state index >= 15 is 0 Å². The first-order valence-corrected chi connectivity index (χ1v) is 9.14. The van der Waals surface area contributed by atoms with Gasteiger partial charge in [-0.05, 0) is 24.6 Å². The number of methoxy groups -OCH3 is 1. The van der Waals surface area contributed by atoms with Crippen molar-refractivity contribution in [2.45, 2.75) is 38.5 Å². The van der Waals surface area contributed by atoms with Crippen LogP contribution in [0.3, 0.4) is 0 Å². The smallest absolute Gasteiger partial charge is 0.387 e. The summed E-state index contributed by atoms with van der Waals surface area (Å²) >= 11 is 0. The number of halogens is 3. The molecule has 0 saturated carbocycles. The summed E-state index contributed by atoms with van der Waals surface area (Å²) in [5, 5.41) is 3.29. The highest BCUT2D eigenvalue weighted by Gasteiger charge is 2.32. The summed E-state index contributed by atoms with van der Waals surface area (Å²) in [6.07, 6.45) is 1.64. The van der Waals surface area contributed by atoms with Crippen molar-refractivity contribution >= 4 is 29.9 Å². The molecule has 0 radical (unpaired) electrons. The SMILES string of the molecule is CCNC(=NCC1(OC)CCOCC1)N(C)Cc1ccc(OC(F)F)cc1.I. The van der Waals surface area contributed by atoms with Gasteiger partial charge in [0.1, 0.15) is 5.75 Å². The second-order valence-electron chi connectivity index (χ2n) is 6.55. The van der Waals surface area contributed by atoms with Gasteiger partial charge in [-0.25, -0.2) is 0 Å². The van der Waals surface area contributed by atoms with E-state index < -0.39 is 6.61 Å². The molecule has 0 aliphatic carbocycles. The number of benzene rings is 1. The average molecular weight is 513 g/mol. The zero-order valence-electron chi connectivity index (χ0n) is 16.6. The van der Waals surface area contributed by atoms with Gasteiger partial charge in [0.15, 0.2) is 5.96 Å². The fraction of sp³-hybridized carbons (Fsp3) is 0.632. The predicted octanol–water partition coefficient (Wildman–Crippen LogP) is 3.50. The van der Waals surface area contributed by atoms with Crippen molar-refractivity contribution in [3.8, 4) is 5.75 Å². The molecule has 0 spiro atoms. The Balaban J connectivity index is 0.00000392. The van der Waals surface area contributed by atoms with Gasteiger partial charge in [0, 0.05) is 53.3 Å². The summed E-state index contributed by atoms with van der Waals surface area (Å²) in [7, 11) is 3.66. The largest absolute Gasteiger partial charge is 0.435 e. The molecule has 1 N–H and O–H groups in total. The van der Waals surface area contributed by atoms with Crippen LogP contribution in [0.2, 0.25) is 0 Å². The van der Waals surface area contributed by atoms with Crippen LogP contribution in [-0.2, 0) is 16.0 Å². The van der Waals surface area contributed by atoms with E-state index in [4.69, 9.17) is 14.5 Å². The molecule has 6 nitrogen and oxygen atoms in total. The third kappa shape index (κ3) is 7.67. The van der Waals surface area contributed by atoms with Gasteiger partial charge in [-0.2, -0.15) is 8.78 Å². The molecule has 0 amide bonds. The standard InChI is InChI=1S/C19H29F2N3O3.HI/c1-4-22-18(23-14-19(25-3)9-11-26-12-10-19)24(2)13-15-5-7-16(8-6-15)27-17(20)21;/h5-8,17H,4,9-14H2,1-3H3,(H,22,23);1H. The van der Waals surface area contributed by atoms with E-state index in [-0.39, 0.29) is 35.3 Å². The van der Waals surface area contributed by atoms with E-state index in [1.807, 2.05) is 18.9 Å². The number of ether oxygens (including phenoxy) is 3. The number of hydrogen-bond acceptors (Lipinski definition) is 4. The molecule has 0 unspecified atom stereocenters. The van der Waals surface area contributed by atoms with E-state index in [1.165, 1.54) is 0 Å². The quantitative estimate of drug-likeness (QED) is 0.328. The van der Waals surface area contributed by atoms with Crippen molar-refractivity contribution in [1.82, 2.24) is 10.2 Å². The van der Waals surface area contributed by atoms with Gasteiger partial charge in [-0.15, -0.1) is 24.0 Å². The molecule has 1 saturated heterocycles. The third-order valence-electron chi connectivity index (χ3n) is 4.62. The van der Waals surface area contributed by atoms with Crippen LogP contribution in [0.15, 0.2) is 29.3 Å². The number of alkyl halides is 2. The highest BCUT2D eigenvalue weighted by atomic mass is 127. The molecule has 9 heteroatoms. The van der Waals surface area contributed by atoms with Crippen LogP contribution >= 0.6 is 24.0 Å². The number of nitrogens with one attached hydrogen (secondary N) is 1.